The lowest BCUT2D eigenvalue weighted by Gasteiger charge is -2.26. The Balaban J connectivity index is 1.48. The summed E-state index contributed by atoms with van der Waals surface area (Å²) in [6, 6.07) is 13.9. The van der Waals surface area contributed by atoms with Crippen LogP contribution >= 0.6 is 0 Å². The van der Waals surface area contributed by atoms with Crippen LogP contribution in [0.15, 0.2) is 63.9 Å². The van der Waals surface area contributed by atoms with Gasteiger partial charge in [0.1, 0.15) is 5.82 Å². The van der Waals surface area contributed by atoms with E-state index in [9.17, 15) is 19.1 Å². The molecule has 0 fully saturated rings. The summed E-state index contributed by atoms with van der Waals surface area (Å²) in [6.07, 6.45) is 0.448. The largest absolute Gasteiger partial charge is 0.505 e. The third-order valence-corrected chi connectivity index (χ3v) is 5.59. The van der Waals surface area contributed by atoms with Crippen molar-refractivity contribution in [2.45, 2.75) is 19.9 Å². The molecule has 3 heterocycles. The summed E-state index contributed by atoms with van der Waals surface area (Å²) in [4.78, 5) is 27.2. The number of carbonyl (C=O) groups excluding carboxylic acids is 1. The van der Waals surface area contributed by atoms with Gasteiger partial charge >= 0.3 is 0 Å². The van der Waals surface area contributed by atoms with Gasteiger partial charge in [0.2, 0.25) is 0 Å². The van der Waals surface area contributed by atoms with Crippen LogP contribution in [0.1, 0.15) is 27.3 Å². The fourth-order valence-electron chi connectivity index (χ4n) is 3.91. The Morgan fingerprint density at radius 3 is 2.70 bits per heavy atom. The van der Waals surface area contributed by atoms with Gasteiger partial charge in [-0.05, 0) is 48.9 Å². The van der Waals surface area contributed by atoms with Crippen LogP contribution in [0.2, 0.25) is 0 Å². The van der Waals surface area contributed by atoms with Crippen LogP contribution in [0.5, 0.6) is 5.75 Å². The highest BCUT2D eigenvalue weighted by atomic mass is 19.1. The summed E-state index contributed by atoms with van der Waals surface area (Å²) in [5.74, 6) is -0.909. The third kappa shape index (κ3) is 3.78. The molecule has 1 aliphatic rings. The van der Waals surface area contributed by atoms with Gasteiger partial charge in [-0.2, -0.15) is 9.78 Å². The number of carbonyl (C=O) groups is 1. The van der Waals surface area contributed by atoms with Crippen molar-refractivity contribution in [2.24, 2.45) is 0 Å². The Morgan fingerprint density at radius 1 is 1.15 bits per heavy atom. The average Bonchev–Trinajstić information content (AvgIpc) is 3.22. The van der Waals surface area contributed by atoms with Gasteiger partial charge < -0.3 is 14.5 Å². The second kappa shape index (κ2) is 8.01. The monoisotopic (exact) mass is 446 g/mol. The predicted octanol–water partition coefficient (Wildman–Crippen LogP) is 3.24. The second-order valence-corrected chi connectivity index (χ2v) is 7.89. The maximum absolute atomic E-state index is 13.3. The lowest BCUT2D eigenvalue weighted by molar-refractivity contribution is 0.0723. The molecule has 1 N–H and O–H groups in total. The highest BCUT2D eigenvalue weighted by molar-refractivity contribution is 5.95. The lowest BCUT2D eigenvalue weighted by Crippen LogP contribution is -2.37. The van der Waals surface area contributed by atoms with E-state index >= 15 is 0 Å². The molecule has 8 nitrogen and oxygen atoms in total. The van der Waals surface area contributed by atoms with Gasteiger partial charge in [-0.1, -0.05) is 17.3 Å². The molecular weight excluding hydrogens is 427 g/mol. The van der Waals surface area contributed by atoms with E-state index in [1.54, 1.807) is 30.3 Å². The van der Waals surface area contributed by atoms with E-state index in [1.807, 2.05) is 13.0 Å². The first-order valence-corrected chi connectivity index (χ1v) is 10.3. The minimum atomic E-state index is -0.548. The fourth-order valence-corrected chi connectivity index (χ4v) is 3.91. The van der Waals surface area contributed by atoms with Crippen molar-refractivity contribution >= 4 is 5.91 Å². The first kappa shape index (κ1) is 20.6. The first-order chi connectivity index (χ1) is 15.9. The average molecular weight is 446 g/mol. The SMILES string of the molecule is Cc1cccc(-n2nc(C(=O)N3CCc4noc(-c5ccc(F)cc5)c4C3)c(O)cc2=O)c1. The molecule has 1 amide bonds. The topological polar surface area (TPSA) is 101 Å². The smallest absolute Gasteiger partial charge is 0.278 e. The molecule has 0 aliphatic carbocycles. The van der Waals surface area contributed by atoms with Gasteiger partial charge in [0.25, 0.3) is 11.5 Å². The highest BCUT2D eigenvalue weighted by Gasteiger charge is 2.30. The van der Waals surface area contributed by atoms with Crippen LogP contribution in [0.4, 0.5) is 4.39 Å². The zero-order valence-electron chi connectivity index (χ0n) is 17.7. The predicted molar refractivity (Wildman–Crippen MR) is 117 cm³/mol. The van der Waals surface area contributed by atoms with E-state index < -0.39 is 17.2 Å². The van der Waals surface area contributed by atoms with E-state index in [-0.39, 0.29) is 18.1 Å². The van der Waals surface area contributed by atoms with Crippen LogP contribution in [0, 0.1) is 12.7 Å². The Bertz CT molecular complexity index is 1430. The lowest BCUT2D eigenvalue weighted by atomic mass is 10.0. The summed E-state index contributed by atoms with van der Waals surface area (Å²) in [5, 5.41) is 18.6. The number of halogens is 1. The van der Waals surface area contributed by atoms with Crippen molar-refractivity contribution in [2.75, 3.05) is 6.54 Å². The number of nitrogens with zero attached hydrogens (tertiary/aromatic N) is 4. The molecule has 9 heteroatoms. The minimum absolute atomic E-state index is 0.176. The maximum Gasteiger partial charge on any atom is 0.278 e. The summed E-state index contributed by atoms with van der Waals surface area (Å²) in [5.41, 5.74) is 2.73. The molecule has 2 aromatic carbocycles. The van der Waals surface area contributed by atoms with Crippen molar-refractivity contribution in [1.82, 2.24) is 19.8 Å². The van der Waals surface area contributed by atoms with Crippen molar-refractivity contribution < 1.29 is 18.8 Å². The van der Waals surface area contributed by atoms with Gasteiger partial charge in [-0.25, -0.2) is 4.39 Å². The van der Waals surface area contributed by atoms with Gasteiger partial charge in [-0.3, -0.25) is 9.59 Å². The first-order valence-electron chi connectivity index (χ1n) is 10.3. The fraction of sp³-hybridized carbons (Fsp3) is 0.167. The van der Waals surface area contributed by atoms with E-state index in [2.05, 4.69) is 10.3 Å². The summed E-state index contributed by atoms with van der Waals surface area (Å²) >= 11 is 0. The number of hydrogen-bond donors (Lipinski definition) is 1. The molecule has 0 spiro atoms. The number of hydrogen-bond acceptors (Lipinski definition) is 6. The molecule has 0 saturated heterocycles. The number of fused-ring (bicyclic) bond motifs is 1. The molecule has 4 aromatic rings. The molecule has 5 rings (SSSR count). The van der Waals surface area contributed by atoms with E-state index in [4.69, 9.17) is 4.52 Å². The molecule has 2 aromatic heterocycles. The number of amides is 1. The molecule has 0 saturated carbocycles. The van der Waals surface area contributed by atoms with Crippen LogP contribution in [-0.2, 0) is 13.0 Å². The molecule has 1 aliphatic heterocycles. The number of benzene rings is 2. The normalized spacial score (nSPS) is 13.1. The number of aryl methyl sites for hydroxylation is 1. The highest BCUT2D eigenvalue weighted by Crippen LogP contribution is 2.31. The van der Waals surface area contributed by atoms with Crippen molar-refractivity contribution in [3.8, 4) is 22.8 Å². The number of rotatable bonds is 3. The van der Waals surface area contributed by atoms with Crippen molar-refractivity contribution in [3.05, 3.63) is 93.3 Å². The van der Waals surface area contributed by atoms with Crippen LogP contribution in [0.25, 0.3) is 17.0 Å². The third-order valence-electron chi connectivity index (χ3n) is 5.59. The summed E-state index contributed by atoms with van der Waals surface area (Å²) in [7, 11) is 0. The zero-order chi connectivity index (χ0) is 23.1. The molecule has 33 heavy (non-hydrogen) atoms. The number of aromatic nitrogens is 3. The zero-order valence-corrected chi connectivity index (χ0v) is 17.7. The Kier molecular flexibility index (Phi) is 5.01. The van der Waals surface area contributed by atoms with Crippen LogP contribution in [0.3, 0.4) is 0 Å². The van der Waals surface area contributed by atoms with Crippen LogP contribution in [-0.4, -0.2) is 37.4 Å². The Morgan fingerprint density at radius 2 is 1.94 bits per heavy atom. The Labute approximate surface area is 187 Å². The van der Waals surface area contributed by atoms with Gasteiger partial charge in [-0.15, -0.1) is 0 Å². The van der Waals surface area contributed by atoms with Crippen molar-refractivity contribution in [1.29, 1.82) is 0 Å². The van der Waals surface area contributed by atoms with Gasteiger partial charge in [0.15, 0.2) is 17.2 Å². The molecule has 0 atom stereocenters. The van der Waals surface area contributed by atoms with Gasteiger partial charge in [0.05, 0.1) is 17.9 Å². The summed E-state index contributed by atoms with van der Waals surface area (Å²) in [6.45, 7) is 2.39. The molecular formula is C24H19FN4O4. The number of aromatic hydroxyl groups is 1. The minimum Gasteiger partial charge on any atom is -0.505 e. The quantitative estimate of drug-likeness (QED) is 0.519. The standard InChI is InChI=1S/C24H19FN4O4/c1-14-3-2-4-17(11-14)29-21(31)12-20(30)22(26-29)24(32)28-10-9-19-18(13-28)23(33-27-19)15-5-7-16(25)8-6-15/h2-8,11-12,30H,9-10,13H2,1H3. The maximum atomic E-state index is 13.3. The summed E-state index contributed by atoms with van der Waals surface area (Å²) < 4.78 is 19.9. The molecule has 0 bridgehead atoms. The van der Waals surface area contributed by atoms with E-state index in [0.717, 1.165) is 22.0 Å². The van der Waals surface area contributed by atoms with E-state index in [1.165, 1.54) is 17.0 Å². The molecule has 0 unspecified atom stereocenters. The van der Waals surface area contributed by atoms with Crippen LogP contribution < -0.4 is 5.56 Å². The van der Waals surface area contributed by atoms with Gasteiger partial charge in [0, 0.05) is 30.2 Å². The Hall–Kier alpha value is -4.27. The molecule has 166 valence electrons. The van der Waals surface area contributed by atoms with E-state index in [0.29, 0.717) is 35.5 Å². The second-order valence-electron chi connectivity index (χ2n) is 7.89. The van der Waals surface area contributed by atoms with Crippen molar-refractivity contribution in [3.63, 3.8) is 0 Å². The molecule has 0 radical (unpaired) electrons.